The molecule has 1 fully saturated rings. The summed E-state index contributed by atoms with van der Waals surface area (Å²) < 4.78 is 13.4. The SMILES string of the molecule is Cc1ccc(NC(=O)C2(C#N)CCCCC2)cc1F. The number of hydrogen-bond acceptors (Lipinski definition) is 2. The number of rotatable bonds is 2. The third-order valence-electron chi connectivity index (χ3n) is 3.79. The van der Waals surface area contributed by atoms with Crippen molar-refractivity contribution in [1.82, 2.24) is 0 Å². The number of carbonyl (C=O) groups is 1. The van der Waals surface area contributed by atoms with E-state index in [0.29, 0.717) is 24.1 Å². The maximum absolute atomic E-state index is 13.4. The predicted octanol–water partition coefficient (Wildman–Crippen LogP) is 3.55. The van der Waals surface area contributed by atoms with Gasteiger partial charge in [0.1, 0.15) is 11.2 Å². The van der Waals surface area contributed by atoms with Gasteiger partial charge in [0.15, 0.2) is 0 Å². The summed E-state index contributed by atoms with van der Waals surface area (Å²) in [5, 5.41) is 12.0. The van der Waals surface area contributed by atoms with Gasteiger partial charge >= 0.3 is 0 Å². The fraction of sp³-hybridized carbons (Fsp3) is 0.467. The number of hydrogen-bond donors (Lipinski definition) is 1. The number of benzene rings is 1. The quantitative estimate of drug-likeness (QED) is 0.884. The van der Waals surface area contributed by atoms with Crippen molar-refractivity contribution in [3.8, 4) is 6.07 Å². The van der Waals surface area contributed by atoms with Gasteiger partial charge in [-0.25, -0.2) is 4.39 Å². The molecule has 0 radical (unpaired) electrons. The molecule has 100 valence electrons. The second-order valence-electron chi connectivity index (χ2n) is 5.17. The lowest BCUT2D eigenvalue weighted by atomic mass is 9.74. The first-order valence-electron chi connectivity index (χ1n) is 6.56. The molecule has 0 unspecified atom stereocenters. The van der Waals surface area contributed by atoms with Crippen LogP contribution in [0.1, 0.15) is 37.7 Å². The van der Waals surface area contributed by atoms with Crippen molar-refractivity contribution < 1.29 is 9.18 Å². The Balaban J connectivity index is 2.15. The largest absolute Gasteiger partial charge is 0.325 e. The molecule has 0 aliphatic heterocycles. The molecule has 0 atom stereocenters. The first kappa shape index (κ1) is 13.5. The van der Waals surface area contributed by atoms with E-state index in [0.717, 1.165) is 19.3 Å². The lowest BCUT2D eigenvalue weighted by Crippen LogP contribution is -2.36. The van der Waals surface area contributed by atoms with Gasteiger partial charge in [-0.05, 0) is 37.5 Å². The van der Waals surface area contributed by atoms with Crippen molar-refractivity contribution in [3.05, 3.63) is 29.6 Å². The fourth-order valence-corrected chi connectivity index (χ4v) is 2.47. The molecule has 19 heavy (non-hydrogen) atoms. The summed E-state index contributed by atoms with van der Waals surface area (Å²) >= 11 is 0. The Morgan fingerprint density at radius 2 is 2.05 bits per heavy atom. The summed E-state index contributed by atoms with van der Waals surface area (Å²) in [4.78, 5) is 12.3. The molecule has 2 rings (SSSR count). The average molecular weight is 260 g/mol. The van der Waals surface area contributed by atoms with Crippen LogP contribution < -0.4 is 5.32 Å². The molecule has 0 saturated heterocycles. The highest BCUT2D eigenvalue weighted by molar-refractivity contribution is 5.97. The number of anilines is 1. The molecule has 1 aromatic carbocycles. The van der Waals surface area contributed by atoms with Crippen molar-refractivity contribution >= 4 is 11.6 Å². The normalized spacial score (nSPS) is 17.5. The number of amides is 1. The van der Waals surface area contributed by atoms with Crippen LogP contribution in [0.2, 0.25) is 0 Å². The van der Waals surface area contributed by atoms with Crippen LogP contribution in [0, 0.1) is 29.5 Å². The molecule has 1 N–H and O–H groups in total. The molecule has 1 aliphatic rings. The minimum Gasteiger partial charge on any atom is -0.325 e. The molecule has 1 saturated carbocycles. The van der Waals surface area contributed by atoms with Crippen molar-refractivity contribution in [1.29, 1.82) is 5.26 Å². The van der Waals surface area contributed by atoms with Crippen LogP contribution in [0.15, 0.2) is 18.2 Å². The third kappa shape index (κ3) is 2.76. The third-order valence-corrected chi connectivity index (χ3v) is 3.79. The first-order chi connectivity index (χ1) is 9.07. The highest BCUT2D eigenvalue weighted by Crippen LogP contribution is 2.36. The Bertz CT molecular complexity index is 527. The van der Waals surface area contributed by atoms with E-state index < -0.39 is 5.41 Å². The smallest absolute Gasteiger partial charge is 0.244 e. The molecule has 1 aromatic rings. The zero-order valence-corrected chi connectivity index (χ0v) is 11.0. The van der Waals surface area contributed by atoms with E-state index in [1.54, 1.807) is 19.1 Å². The van der Waals surface area contributed by atoms with Crippen LogP contribution in [0.25, 0.3) is 0 Å². The van der Waals surface area contributed by atoms with Gasteiger partial charge in [0, 0.05) is 5.69 Å². The Kier molecular flexibility index (Phi) is 3.84. The van der Waals surface area contributed by atoms with Crippen molar-refractivity contribution in [2.75, 3.05) is 5.32 Å². The van der Waals surface area contributed by atoms with E-state index in [1.807, 2.05) is 0 Å². The van der Waals surface area contributed by atoms with Crippen molar-refractivity contribution in [2.45, 2.75) is 39.0 Å². The van der Waals surface area contributed by atoms with Gasteiger partial charge in [0.2, 0.25) is 5.91 Å². The summed E-state index contributed by atoms with van der Waals surface area (Å²) in [6.45, 7) is 1.67. The molecular formula is C15H17FN2O. The minimum absolute atomic E-state index is 0.307. The van der Waals surface area contributed by atoms with E-state index in [9.17, 15) is 14.4 Å². The van der Waals surface area contributed by atoms with Gasteiger partial charge in [-0.15, -0.1) is 0 Å². The number of nitrogens with zero attached hydrogens (tertiary/aromatic N) is 1. The highest BCUT2D eigenvalue weighted by Gasteiger charge is 2.39. The number of nitrogens with one attached hydrogen (secondary N) is 1. The number of aryl methyl sites for hydroxylation is 1. The molecule has 1 amide bonds. The van der Waals surface area contributed by atoms with E-state index >= 15 is 0 Å². The van der Waals surface area contributed by atoms with E-state index in [1.165, 1.54) is 6.07 Å². The standard InChI is InChI=1S/C15H17FN2O/c1-11-5-6-12(9-13(11)16)18-14(19)15(10-17)7-3-2-4-8-15/h5-6,9H,2-4,7-8H2,1H3,(H,18,19). The van der Waals surface area contributed by atoms with E-state index in [-0.39, 0.29) is 11.7 Å². The summed E-state index contributed by atoms with van der Waals surface area (Å²) in [7, 11) is 0. The van der Waals surface area contributed by atoms with Crippen LogP contribution in [0.5, 0.6) is 0 Å². The second-order valence-corrected chi connectivity index (χ2v) is 5.17. The van der Waals surface area contributed by atoms with E-state index in [2.05, 4.69) is 11.4 Å². The molecular weight excluding hydrogens is 243 g/mol. The van der Waals surface area contributed by atoms with Crippen LogP contribution in [0.3, 0.4) is 0 Å². The van der Waals surface area contributed by atoms with Crippen molar-refractivity contribution in [2.24, 2.45) is 5.41 Å². The lowest BCUT2D eigenvalue weighted by molar-refractivity contribution is -0.124. The average Bonchev–Trinajstić information content (AvgIpc) is 2.43. The monoisotopic (exact) mass is 260 g/mol. The number of nitriles is 1. The second kappa shape index (κ2) is 5.40. The van der Waals surface area contributed by atoms with Crippen LogP contribution in [0.4, 0.5) is 10.1 Å². The Morgan fingerprint density at radius 1 is 1.37 bits per heavy atom. The van der Waals surface area contributed by atoms with Crippen LogP contribution in [-0.4, -0.2) is 5.91 Å². The molecule has 1 aliphatic carbocycles. The molecule has 0 heterocycles. The highest BCUT2D eigenvalue weighted by atomic mass is 19.1. The van der Waals surface area contributed by atoms with Crippen LogP contribution >= 0.6 is 0 Å². The maximum atomic E-state index is 13.4. The first-order valence-corrected chi connectivity index (χ1v) is 6.56. The maximum Gasteiger partial charge on any atom is 0.244 e. The zero-order valence-electron chi connectivity index (χ0n) is 11.0. The Labute approximate surface area is 112 Å². The summed E-state index contributed by atoms with van der Waals surface area (Å²) in [6, 6.07) is 6.72. The summed E-state index contributed by atoms with van der Waals surface area (Å²) in [6.07, 6.45) is 4.02. The fourth-order valence-electron chi connectivity index (χ4n) is 2.47. The zero-order chi connectivity index (χ0) is 13.9. The van der Waals surface area contributed by atoms with Gasteiger partial charge in [0.25, 0.3) is 0 Å². The van der Waals surface area contributed by atoms with Gasteiger partial charge < -0.3 is 5.32 Å². The molecule has 3 nitrogen and oxygen atoms in total. The molecule has 0 spiro atoms. The Hall–Kier alpha value is -1.89. The van der Waals surface area contributed by atoms with Gasteiger partial charge in [-0.2, -0.15) is 5.26 Å². The minimum atomic E-state index is -0.945. The number of halogens is 1. The van der Waals surface area contributed by atoms with Gasteiger partial charge in [-0.3, -0.25) is 4.79 Å². The molecule has 0 bridgehead atoms. The topological polar surface area (TPSA) is 52.9 Å². The predicted molar refractivity (Wildman–Crippen MR) is 70.9 cm³/mol. The molecule has 0 aromatic heterocycles. The number of carbonyl (C=O) groups excluding carboxylic acids is 1. The lowest BCUT2D eigenvalue weighted by Gasteiger charge is -2.29. The van der Waals surface area contributed by atoms with Crippen LogP contribution in [-0.2, 0) is 4.79 Å². The molecule has 4 heteroatoms. The van der Waals surface area contributed by atoms with Gasteiger partial charge in [-0.1, -0.05) is 25.3 Å². The Morgan fingerprint density at radius 3 is 2.63 bits per heavy atom. The van der Waals surface area contributed by atoms with Gasteiger partial charge in [0.05, 0.1) is 6.07 Å². The van der Waals surface area contributed by atoms with Crippen molar-refractivity contribution in [3.63, 3.8) is 0 Å². The summed E-state index contributed by atoms with van der Waals surface area (Å²) in [5.41, 5.74) is -0.00135. The summed E-state index contributed by atoms with van der Waals surface area (Å²) in [5.74, 6) is -0.662. The van der Waals surface area contributed by atoms with E-state index in [4.69, 9.17) is 0 Å².